The fourth-order valence-corrected chi connectivity index (χ4v) is 13.4. The SMILES string of the molecule is CC(CCC(=O)O)C1CCC2[C@@H]3[C@H](O)C[C@@H]4C[C@@H](NC(=O)CCC(=O)Nc5ccccc5C(Nc5ccccn5)C(c5ccccn5)C(O)c5ccccc5)CC[C@]4(C)[C@H]3C[C@H](O)[C@]12C. The topological polar surface area (TPSA) is 194 Å². The van der Waals surface area contributed by atoms with Gasteiger partial charge in [-0.05, 0) is 139 Å². The number of pyridine rings is 2. The van der Waals surface area contributed by atoms with Crippen molar-refractivity contribution in [3.05, 3.63) is 120 Å². The number of para-hydroxylation sites is 1. The van der Waals surface area contributed by atoms with E-state index in [1.807, 2.05) is 91.0 Å². The Bertz CT molecular complexity index is 2250. The first kappa shape index (κ1) is 46.4. The second-order valence-corrected chi connectivity index (χ2v) is 20.2. The van der Waals surface area contributed by atoms with E-state index in [2.05, 4.69) is 41.7 Å². The highest BCUT2D eigenvalue weighted by Gasteiger charge is 2.65. The number of carboxylic acid groups (broad SMARTS) is 1. The van der Waals surface area contributed by atoms with Crippen molar-refractivity contribution in [3.63, 3.8) is 0 Å². The summed E-state index contributed by atoms with van der Waals surface area (Å²) in [5, 5.41) is 55.2. The Morgan fingerprint density at radius 1 is 0.785 bits per heavy atom. The normalized spacial score (nSPS) is 31.2. The Hall–Kier alpha value is -5.17. The number of carboxylic acids is 1. The smallest absolute Gasteiger partial charge is 0.303 e. The van der Waals surface area contributed by atoms with Crippen LogP contribution < -0.4 is 16.0 Å². The molecule has 12 nitrogen and oxygen atoms in total. The Kier molecular flexibility index (Phi) is 14.1. The molecule has 4 fully saturated rings. The predicted octanol–water partition coefficient (Wildman–Crippen LogP) is 8.45. The summed E-state index contributed by atoms with van der Waals surface area (Å²) in [7, 11) is 0. The first-order valence-electron chi connectivity index (χ1n) is 23.9. The molecule has 12 heteroatoms. The highest BCUT2D eigenvalue weighted by molar-refractivity contribution is 5.94. The van der Waals surface area contributed by atoms with Crippen molar-refractivity contribution < 1.29 is 34.8 Å². The molecular formula is C53H67N5O7. The van der Waals surface area contributed by atoms with Crippen LogP contribution in [0.4, 0.5) is 11.5 Å². The van der Waals surface area contributed by atoms with Gasteiger partial charge in [0.15, 0.2) is 0 Å². The lowest BCUT2D eigenvalue weighted by Crippen LogP contribution is -2.63. The Morgan fingerprint density at radius 3 is 2.22 bits per heavy atom. The Balaban J connectivity index is 0.917. The number of fused-ring (bicyclic) bond motifs is 5. The number of amides is 2. The number of hydrogen-bond donors (Lipinski definition) is 7. The summed E-state index contributed by atoms with van der Waals surface area (Å²) in [5.74, 6) is -0.285. The van der Waals surface area contributed by atoms with Gasteiger partial charge in [0.05, 0.1) is 30.3 Å². The van der Waals surface area contributed by atoms with Gasteiger partial charge in [0.25, 0.3) is 0 Å². The molecular weight excluding hydrogens is 819 g/mol. The van der Waals surface area contributed by atoms with Crippen LogP contribution in [0.3, 0.4) is 0 Å². The van der Waals surface area contributed by atoms with Crippen molar-refractivity contribution in [2.24, 2.45) is 46.3 Å². The third kappa shape index (κ3) is 9.58. The molecule has 2 aromatic heterocycles. The second kappa shape index (κ2) is 19.7. The average molecular weight is 886 g/mol. The summed E-state index contributed by atoms with van der Waals surface area (Å²) in [6, 6.07) is 27.4. The highest BCUT2D eigenvalue weighted by atomic mass is 16.4. The van der Waals surface area contributed by atoms with Gasteiger partial charge in [0.2, 0.25) is 11.8 Å². The predicted molar refractivity (Wildman–Crippen MR) is 249 cm³/mol. The zero-order chi connectivity index (χ0) is 45.9. The maximum Gasteiger partial charge on any atom is 0.303 e. The number of benzene rings is 2. The van der Waals surface area contributed by atoms with E-state index in [1.54, 1.807) is 12.4 Å². The van der Waals surface area contributed by atoms with Crippen molar-refractivity contribution in [1.29, 1.82) is 0 Å². The number of hydrogen-bond acceptors (Lipinski definition) is 9. The number of aliphatic hydroxyl groups is 3. The van der Waals surface area contributed by atoms with E-state index < -0.39 is 36.2 Å². The highest BCUT2D eigenvalue weighted by Crippen LogP contribution is 2.68. The molecule has 2 heterocycles. The number of anilines is 2. The molecule has 0 spiro atoms. The van der Waals surface area contributed by atoms with Gasteiger partial charge in [-0.1, -0.05) is 81.4 Å². The molecule has 0 aliphatic heterocycles. The molecule has 0 bridgehead atoms. The van der Waals surface area contributed by atoms with Crippen LogP contribution in [0.15, 0.2) is 103 Å². The van der Waals surface area contributed by atoms with Gasteiger partial charge >= 0.3 is 5.97 Å². The molecule has 2 aromatic carbocycles. The van der Waals surface area contributed by atoms with Gasteiger partial charge in [0, 0.05) is 49.1 Å². The van der Waals surface area contributed by atoms with Gasteiger partial charge in [-0.2, -0.15) is 0 Å². The van der Waals surface area contributed by atoms with Crippen LogP contribution in [0.25, 0.3) is 0 Å². The fourth-order valence-electron chi connectivity index (χ4n) is 13.4. The zero-order valence-electron chi connectivity index (χ0n) is 37.9. The van der Waals surface area contributed by atoms with Crippen LogP contribution in [0.5, 0.6) is 0 Å². The third-order valence-corrected chi connectivity index (χ3v) is 16.7. The van der Waals surface area contributed by atoms with E-state index in [0.29, 0.717) is 36.5 Å². The number of rotatable bonds is 16. The summed E-state index contributed by atoms with van der Waals surface area (Å²) in [6.45, 7) is 6.68. The number of nitrogens with zero attached hydrogens (tertiary/aromatic N) is 2. The van der Waals surface area contributed by atoms with Gasteiger partial charge in [-0.15, -0.1) is 0 Å². The molecule has 4 saturated carbocycles. The van der Waals surface area contributed by atoms with Crippen LogP contribution in [0, 0.1) is 46.3 Å². The molecule has 4 aliphatic rings. The standard InChI is InChI=1S/C53H67N5O7/c1-32(19-24-47(63)64)37-20-21-38-48-39(31-43(60)53(37,38)3)52(2)26-25-35(29-34(52)30-42(48)59)56-45(61)22-23-46(62)57-40-16-8-7-15-36(40)50(58-44-18-10-12-28-55-44)49(41-17-9-11-27-54-41)51(65)33-13-5-4-6-14-33/h4-18,27-28,32,34-35,37-39,42-43,48-51,59-60,65H,19-26,29-31H2,1-3H3,(H,55,58)(H,56,61)(H,57,62)(H,63,64)/t32?,34-,35-,37?,38?,39-,42+,43-,48-,49?,50?,51?,52-,53+/m0/s1. The zero-order valence-corrected chi connectivity index (χ0v) is 37.9. The maximum atomic E-state index is 13.7. The molecule has 4 aliphatic carbocycles. The average Bonchev–Trinajstić information content (AvgIpc) is 3.67. The Labute approximate surface area is 383 Å². The molecule has 8 rings (SSSR count). The first-order chi connectivity index (χ1) is 31.3. The van der Waals surface area contributed by atoms with Gasteiger partial charge < -0.3 is 36.4 Å². The fraction of sp³-hybridized carbons (Fsp3) is 0.528. The summed E-state index contributed by atoms with van der Waals surface area (Å²) in [5.41, 5.74) is 2.20. The van der Waals surface area contributed by atoms with Gasteiger partial charge in [-0.3, -0.25) is 19.4 Å². The molecule has 4 aromatic rings. The van der Waals surface area contributed by atoms with Crippen LogP contribution in [-0.4, -0.2) is 66.4 Å². The van der Waals surface area contributed by atoms with E-state index in [4.69, 9.17) is 4.98 Å². The lowest BCUT2D eigenvalue weighted by atomic mass is 9.43. The molecule has 0 saturated heterocycles. The Morgan fingerprint density at radius 2 is 1.49 bits per heavy atom. The molecule has 65 heavy (non-hydrogen) atoms. The molecule has 346 valence electrons. The van der Waals surface area contributed by atoms with E-state index in [1.165, 1.54) is 0 Å². The van der Waals surface area contributed by atoms with Crippen LogP contribution >= 0.6 is 0 Å². The van der Waals surface area contributed by atoms with Crippen LogP contribution in [0.2, 0.25) is 0 Å². The quantitative estimate of drug-likeness (QED) is 0.0574. The summed E-state index contributed by atoms with van der Waals surface area (Å²) < 4.78 is 0. The van der Waals surface area contributed by atoms with E-state index in [9.17, 15) is 34.8 Å². The largest absolute Gasteiger partial charge is 0.481 e. The minimum absolute atomic E-state index is 0.0111. The maximum absolute atomic E-state index is 13.7. The molecule has 2 amide bonds. The van der Waals surface area contributed by atoms with Crippen molar-refractivity contribution >= 4 is 29.3 Å². The number of carbonyl (C=O) groups excluding carboxylic acids is 2. The number of aliphatic hydroxyl groups excluding tert-OH is 3. The summed E-state index contributed by atoms with van der Waals surface area (Å²) in [4.78, 5) is 47.9. The number of aliphatic carboxylic acids is 1. The van der Waals surface area contributed by atoms with Crippen molar-refractivity contribution in [1.82, 2.24) is 15.3 Å². The summed E-state index contributed by atoms with van der Waals surface area (Å²) >= 11 is 0. The van der Waals surface area contributed by atoms with E-state index in [0.717, 1.165) is 43.2 Å². The second-order valence-electron chi connectivity index (χ2n) is 20.2. The number of carbonyl (C=O) groups is 3. The van der Waals surface area contributed by atoms with Gasteiger partial charge in [-0.25, -0.2) is 4.98 Å². The van der Waals surface area contributed by atoms with Crippen molar-refractivity contribution in [2.75, 3.05) is 10.6 Å². The number of aromatic nitrogens is 2. The first-order valence-corrected chi connectivity index (χ1v) is 23.9. The monoisotopic (exact) mass is 886 g/mol. The van der Waals surface area contributed by atoms with E-state index >= 15 is 0 Å². The van der Waals surface area contributed by atoms with E-state index in [-0.39, 0.29) is 83.5 Å². The van der Waals surface area contributed by atoms with Crippen LogP contribution in [0.1, 0.15) is 126 Å². The third-order valence-electron chi connectivity index (χ3n) is 16.7. The van der Waals surface area contributed by atoms with Crippen LogP contribution in [-0.2, 0) is 14.4 Å². The molecule has 6 unspecified atom stereocenters. The molecule has 7 N–H and O–H groups in total. The minimum Gasteiger partial charge on any atom is -0.481 e. The number of nitrogens with one attached hydrogen (secondary N) is 3. The molecule has 14 atom stereocenters. The lowest BCUT2D eigenvalue weighted by molar-refractivity contribution is -0.202. The van der Waals surface area contributed by atoms with Gasteiger partial charge in [0.1, 0.15) is 5.82 Å². The lowest BCUT2D eigenvalue weighted by Gasteiger charge is -2.63. The molecule has 0 radical (unpaired) electrons. The summed E-state index contributed by atoms with van der Waals surface area (Å²) in [6.07, 6.45) is 7.72. The van der Waals surface area contributed by atoms with Crippen molar-refractivity contribution in [3.8, 4) is 0 Å². The van der Waals surface area contributed by atoms with Crippen molar-refractivity contribution in [2.45, 2.75) is 128 Å². The minimum atomic E-state index is -0.979.